The first-order valence-electron chi connectivity index (χ1n) is 4.89. The van der Waals surface area contributed by atoms with Gasteiger partial charge in [0.25, 0.3) is 0 Å². The molecule has 0 saturated carbocycles. The van der Waals surface area contributed by atoms with E-state index >= 15 is 0 Å². The van der Waals surface area contributed by atoms with Crippen molar-refractivity contribution in [3.8, 4) is 0 Å². The minimum atomic E-state index is -0.231. The Morgan fingerprint density at radius 3 is 2.86 bits per heavy atom. The molecule has 14 heavy (non-hydrogen) atoms. The van der Waals surface area contributed by atoms with Gasteiger partial charge in [-0.15, -0.1) is 0 Å². The van der Waals surface area contributed by atoms with Crippen molar-refractivity contribution in [3.63, 3.8) is 0 Å². The second kappa shape index (κ2) is 3.53. The van der Waals surface area contributed by atoms with E-state index in [9.17, 15) is 5.11 Å². The zero-order chi connectivity index (χ0) is 10.1. The van der Waals surface area contributed by atoms with E-state index < -0.39 is 0 Å². The summed E-state index contributed by atoms with van der Waals surface area (Å²) in [6, 6.07) is 1.89. The van der Waals surface area contributed by atoms with E-state index in [-0.39, 0.29) is 6.10 Å². The Balaban J connectivity index is 2.17. The number of aliphatic hydroxyl groups excluding tert-OH is 1. The lowest BCUT2D eigenvalue weighted by molar-refractivity contribution is 0.157. The van der Waals surface area contributed by atoms with Crippen LogP contribution < -0.4 is 4.90 Å². The molecular weight excluding hydrogens is 178 g/mol. The zero-order valence-electron chi connectivity index (χ0n) is 8.51. The molecule has 1 saturated heterocycles. The fourth-order valence-electron chi connectivity index (χ4n) is 1.76. The van der Waals surface area contributed by atoms with Gasteiger partial charge in [-0.2, -0.15) is 0 Å². The van der Waals surface area contributed by atoms with Crippen LogP contribution in [-0.4, -0.2) is 34.3 Å². The first-order chi connectivity index (χ1) is 6.66. The van der Waals surface area contributed by atoms with Crippen LogP contribution in [-0.2, 0) is 0 Å². The quantitative estimate of drug-likeness (QED) is 0.709. The number of anilines is 1. The van der Waals surface area contributed by atoms with Crippen molar-refractivity contribution >= 4 is 5.82 Å². The lowest BCUT2D eigenvalue weighted by Gasteiger charge is -2.16. The Bertz CT molecular complexity index is 319. The van der Waals surface area contributed by atoms with Crippen molar-refractivity contribution < 1.29 is 5.11 Å². The highest BCUT2D eigenvalue weighted by Gasteiger charge is 2.28. The molecule has 2 rings (SSSR count). The van der Waals surface area contributed by atoms with E-state index in [0.717, 1.165) is 18.2 Å². The third-order valence-electron chi connectivity index (χ3n) is 2.66. The van der Waals surface area contributed by atoms with Gasteiger partial charge >= 0.3 is 0 Å². The van der Waals surface area contributed by atoms with Crippen LogP contribution in [0.1, 0.15) is 12.7 Å². The van der Waals surface area contributed by atoms with Crippen LogP contribution in [0.3, 0.4) is 0 Å². The number of rotatable bonds is 1. The van der Waals surface area contributed by atoms with Crippen LogP contribution in [0.15, 0.2) is 12.3 Å². The first-order valence-corrected chi connectivity index (χ1v) is 4.89. The fraction of sp³-hybridized carbons (Fsp3) is 0.600. The van der Waals surface area contributed by atoms with Crippen molar-refractivity contribution in [1.82, 2.24) is 9.97 Å². The van der Waals surface area contributed by atoms with Crippen LogP contribution in [0, 0.1) is 12.8 Å². The number of hydrogen-bond donors (Lipinski definition) is 1. The molecule has 4 nitrogen and oxygen atoms in total. The molecule has 2 atom stereocenters. The van der Waals surface area contributed by atoms with E-state index in [0.29, 0.717) is 12.5 Å². The average molecular weight is 193 g/mol. The SMILES string of the molecule is Cc1nccc(N2CC(C)C(O)C2)n1. The maximum atomic E-state index is 9.61. The molecule has 76 valence electrons. The number of aliphatic hydroxyl groups is 1. The Labute approximate surface area is 83.6 Å². The molecule has 4 heteroatoms. The second-order valence-electron chi connectivity index (χ2n) is 3.91. The summed E-state index contributed by atoms with van der Waals surface area (Å²) < 4.78 is 0. The standard InChI is InChI=1S/C10H15N3O/c1-7-5-13(6-9(7)14)10-3-4-11-8(2)12-10/h3-4,7,9,14H,5-6H2,1-2H3. The molecule has 0 spiro atoms. The van der Waals surface area contributed by atoms with Gasteiger partial charge < -0.3 is 10.0 Å². The summed E-state index contributed by atoms with van der Waals surface area (Å²) >= 11 is 0. The van der Waals surface area contributed by atoms with Gasteiger partial charge in [0.1, 0.15) is 11.6 Å². The van der Waals surface area contributed by atoms with E-state index in [4.69, 9.17) is 0 Å². The van der Waals surface area contributed by atoms with Gasteiger partial charge in [0, 0.05) is 25.2 Å². The van der Waals surface area contributed by atoms with Gasteiger partial charge in [0.15, 0.2) is 0 Å². The summed E-state index contributed by atoms with van der Waals surface area (Å²) in [5, 5.41) is 9.61. The molecule has 0 bridgehead atoms. The molecule has 1 aliphatic rings. The predicted molar refractivity (Wildman–Crippen MR) is 54.2 cm³/mol. The molecule has 0 aromatic carbocycles. The lowest BCUT2D eigenvalue weighted by Crippen LogP contribution is -2.22. The third-order valence-corrected chi connectivity index (χ3v) is 2.66. The summed E-state index contributed by atoms with van der Waals surface area (Å²) in [7, 11) is 0. The Hall–Kier alpha value is -1.16. The maximum absolute atomic E-state index is 9.61. The molecule has 1 aromatic rings. The molecule has 0 aliphatic carbocycles. The number of hydrogen-bond acceptors (Lipinski definition) is 4. The molecule has 0 amide bonds. The van der Waals surface area contributed by atoms with E-state index in [2.05, 4.69) is 21.8 Å². The third kappa shape index (κ3) is 1.70. The zero-order valence-corrected chi connectivity index (χ0v) is 8.51. The van der Waals surface area contributed by atoms with E-state index in [1.807, 2.05) is 13.0 Å². The van der Waals surface area contributed by atoms with Crippen molar-refractivity contribution in [2.75, 3.05) is 18.0 Å². The second-order valence-corrected chi connectivity index (χ2v) is 3.91. The highest BCUT2D eigenvalue weighted by atomic mass is 16.3. The Morgan fingerprint density at radius 1 is 1.50 bits per heavy atom. The maximum Gasteiger partial charge on any atom is 0.132 e. The summed E-state index contributed by atoms with van der Waals surface area (Å²) in [5.41, 5.74) is 0. The van der Waals surface area contributed by atoms with E-state index in [1.165, 1.54) is 0 Å². The minimum Gasteiger partial charge on any atom is -0.391 e. The highest BCUT2D eigenvalue weighted by molar-refractivity contribution is 5.39. The summed E-state index contributed by atoms with van der Waals surface area (Å²) in [5.74, 6) is 2.02. The first kappa shape index (κ1) is 9.40. The fourth-order valence-corrected chi connectivity index (χ4v) is 1.76. The Kier molecular flexibility index (Phi) is 2.37. The molecule has 2 heterocycles. The smallest absolute Gasteiger partial charge is 0.132 e. The van der Waals surface area contributed by atoms with Crippen molar-refractivity contribution in [3.05, 3.63) is 18.1 Å². The van der Waals surface area contributed by atoms with Crippen LogP contribution in [0.4, 0.5) is 5.82 Å². The van der Waals surface area contributed by atoms with Gasteiger partial charge in [-0.25, -0.2) is 9.97 Å². The monoisotopic (exact) mass is 193 g/mol. The summed E-state index contributed by atoms with van der Waals surface area (Å²) in [6.07, 6.45) is 1.53. The Morgan fingerprint density at radius 2 is 2.29 bits per heavy atom. The van der Waals surface area contributed by atoms with Gasteiger partial charge in [-0.1, -0.05) is 6.92 Å². The average Bonchev–Trinajstić information content (AvgIpc) is 2.47. The molecule has 1 N–H and O–H groups in total. The van der Waals surface area contributed by atoms with Gasteiger partial charge in [-0.3, -0.25) is 0 Å². The van der Waals surface area contributed by atoms with Crippen molar-refractivity contribution in [2.45, 2.75) is 20.0 Å². The molecule has 1 fully saturated rings. The van der Waals surface area contributed by atoms with Gasteiger partial charge in [0.2, 0.25) is 0 Å². The normalized spacial score (nSPS) is 26.9. The van der Waals surface area contributed by atoms with E-state index in [1.54, 1.807) is 6.20 Å². The topological polar surface area (TPSA) is 49.2 Å². The minimum absolute atomic E-state index is 0.231. The van der Waals surface area contributed by atoms with Crippen LogP contribution in [0.5, 0.6) is 0 Å². The van der Waals surface area contributed by atoms with Gasteiger partial charge in [0.05, 0.1) is 6.10 Å². The highest BCUT2D eigenvalue weighted by Crippen LogP contribution is 2.21. The van der Waals surface area contributed by atoms with Gasteiger partial charge in [-0.05, 0) is 13.0 Å². The number of β-amino-alcohol motifs (C(OH)–C–C–N with tert-alkyl or cyclic N) is 1. The molecule has 2 unspecified atom stereocenters. The number of aryl methyl sites for hydroxylation is 1. The molecule has 1 aromatic heterocycles. The number of nitrogens with zero attached hydrogens (tertiary/aromatic N) is 3. The largest absolute Gasteiger partial charge is 0.391 e. The summed E-state index contributed by atoms with van der Waals surface area (Å²) in [6.45, 7) is 5.48. The van der Waals surface area contributed by atoms with Crippen LogP contribution >= 0.6 is 0 Å². The number of aromatic nitrogens is 2. The lowest BCUT2D eigenvalue weighted by atomic mass is 10.1. The molecular formula is C10H15N3O. The van der Waals surface area contributed by atoms with Crippen LogP contribution in [0.25, 0.3) is 0 Å². The molecule has 0 radical (unpaired) electrons. The van der Waals surface area contributed by atoms with Crippen molar-refractivity contribution in [2.24, 2.45) is 5.92 Å². The van der Waals surface area contributed by atoms with Crippen molar-refractivity contribution in [1.29, 1.82) is 0 Å². The summed E-state index contributed by atoms with van der Waals surface area (Å²) in [4.78, 5) is 10.5. The predicted octanol–water partition coefficient (Wildman–Crippen LogP) is 0.602. The molecule has 1 aliphatic heterocycles. The van der Waals surface area contributed by atoms with Crippen LogP contribution in [0.2, 0.25) is 0 Å².